The van der Waals surface area contributed by atoms with Crippen LogP contribution in [0.4, 0.5) is 0 Å². The molecular weight excluding hydrogens is 387 g/mol. The third-order valence-corrected chi connectivity index (χ3v) is 5.42. The molecule has 2 aromatic rings. The molecule has 1 aromatic carbocycles. The molecule has 0 saturated carbocycles. The number of likely N-dealkylation sites (tertiary alicyclic amines) is 1. The molecule has 1 aliphatic heterocycles. The summed E-state index contributed by atoms with van der Waals surface area (Å²) in [4.78, 5) is 13.3. The van der Waals surface area contributed by atoms with Crippen molar-refractivity contribution in [1.82, 2.24) is 10.2 Å². The Bertz CT molecular complexity index is 770. The average Bonchev–Trinajstić information content (AvgIpc) is 3.10. The van der Waals surface area contributed by atoms with E-state index in [1.165, 1.54) is 12.5 Å². The fourth-order valence-electron chi connectivity index (χ4n) is 3.20. The largest absolute Gasteiger partial charge is 0.461 e. The van der Waals surface area contributed by atoms with Gasteiger partial charge in [-0.3, -0.25) is 9.69 Å². The predicted molar refractivity (Wildman–Crippen MR) is 106 cm³/mol. The molecule has 27 heavy (non-hydrogen) atoms. The highest BCUT2D eigenvalue weighted by molar-refractivity contribution is 6.42. The molecule has 0 bridgehead atoms. The van der Waals surface area contributed by atoms with Gasteiger partial charge in [-0.15, -0.1) is 0 Å². The highest BCUT2D eigenvalue weighted by Crippen LogP contribution is 2.24. The Morgan fingerprint density at radius 2 is 1.93 bits per heavy atom. The lowest BCUT2D eigenvalue weighted by Crippen LogP contribution is -2.41. The first-order valence-corrected chi connectivity index (χ1v) is 9.86. The molecule has 0 radical (unpaired) electrons. The van der Waals surface area contributed by atoms with Gasteiger partial charge in [-0.1, -0.05) is 29.3 Å². The maximum absolute atomic E-state index is 10.8. The Labute approximate surface area is 169 Å². The first-order valence-electron chi connectivity index (χ1n) is 9.10. The summed E-state index contributed by atoms with van der Waals surface area (Å²) in [7, 11) is 0. The van der Waals surface area contributed by atoms with Crippen LogP contribution >= 0.6 is 23.2 Å². The molecule has 7 heteroatoms. The highest BCUT2D eigenvalue weighted by atomic mass is 35.5. The van der Waals surface area contributed by atoms with Crippen LogP contribution in [0.2, 0.25) is 10.0 Å². The predicted octanol–water partition coefficient (Wildman–Crippen LogP) is 4.40. The van der Waals surface area contributed by atoms with E-state index >= 15 is 0 Å². The number of nitrogens with one attached hydrogen (secondary N) is 1. The van der Waals surface area contributed by atoms with Crippen molar-refractivity contribution in [3.8, 4) is 0 Å². The standard InChI is InChI=1S/C20H24Cl2N2O3/c1-14(25)26-13-18-4-3-17(27-18)11-23-16-6-8-24(9-7-16)12-15-2-5-19(21)20(22)10-15/h2-5,10,16,23H,6-9,11-13H2,1H3. The van der Waals surface area contributed by atoms with Crippen molar-refractivity contribution in [3.05, 3.63) is 57.5 Å². The maximum Gasteiger partial charge on any atom is 0.303 e. The fraction of sp³-hybridized carbons (Fsp3) is 0.450. The first kappa shape index (κ1) is 20.2. The smallest absolute Gasteiger partial charge is 0.303 e. The van der Waals surface area contributed by atoms with Crippen molar-refractivity contribution in [1.29, 1.82) is 0 Å². The molecule has 3 rings (SSSR count). The van der Waals surface area contributed by atoms with E-state index in [4.69, 9.17) is 32.4 Å². The van der Waals surface area contributed by atoms with Crippen LogP contribution in [-0.4, -0.2) is 30.0 Å². The van der Waals surface area contributed by atoms with Crippen LogP contribution in [0.15, 0.2) is 34.7 Å². The Balaban J connectivity index is 1.39. The van der Waals surface area contributed by atoms with E-state index in [1.54, 1.807) is 0 Å². The zero-order chi connectivity index (χ0) is 19.2. The van der Waals surface area contributed by atoms with Crippen molar-refractivity contribution in [2.75, 3.05) is 13.1 Å². The summed E-state index contributed by atoms with van der Waals surface area (Å²) < 4.78 is 10.6. The van der Waals surface area contributed by atoms with Gasteiger partial charge in [-0.2, -0.15) is 0 Å². The maximum atomic E-state index is 10.8. The van der Waals surface area contributed by atoms with Crippen LogP contribution in [0, 0.1) is 0 Å². The van der Waals surface area contributed by atoms with Crippen molar-refractivity contribution in [3.63, 3.8) is 0 Å². The van der Waals surface area contributed by atoms with Crippen molar-refractivity contribution >= 4 is 29.2 Å². The molecule has 0 atom stereocenters. The highest BCUT2D eigenvalue weighted by Gasteiger charge is 2.19. The van der Waals surface area contributed by atoms with Gasteiger partial charge in [0.25, 0.3) is 0 Å². The van der Waals surface area contributed by atoms with E-state index in [0.717, 1.165) is 38.2 Å². The molecule has 2 heterocycles. The number of esters is 1. The third kappa shape index (κ3) is 6.25. The van der Waals surface area contributed by atoms with Gasteiger partial charge < -0.3 is 14.5 Å². The van der Waals surface area contributed by atoms with Gasteiger partial charge in [0.2, 0.25) is 0 Å². The number of carbonyl (C=O) groups is 1. The summed E-state index contributed by atoms with van der Waals surface area (Å²) >= 11 is 12.1. The summed E-state index contributed by atoms with van der Waals surface area (Å²) in [6.45, 7) is 5.21. The van der Waals surface area contributed by atoms with E-state index in [2.05, 4.69) is 10.2 Å². The minimum atomic E-state index is -0.307. The number of hydrogen-bond acceptors (Lipinski definition) is 5. The Kier molecular flexibility index (Phi) is 7.19. The molecule has 1 aliphatic rings. The van der Waals surface area contributed by atoms with Gasteiger partial charge in [0, 0.05) is 19.5 Å². The van der Waals surface area contributed by atoms with Gasteiger partial charge in [0.15, 0.2) is 0 Å². The second kappa shape index (κ2) is 9.60. The van der Waals surface area contributed by atoms with Gasteiger partial charge in [0.1, 0.15) is 18.1 Å². The third-order valence-electron chi connectivity index (χ3n) is 4.68. The summed E-state index contributed by atoms with van der Waals surface area (Å²) in [5, 5.41) is 4.75. The monoisotopic (exact) mass is 410 g/mol. The number of halogens is 2. The molecule has 0 aliphatic carbocycles. The molecule has 0 amide bonds. The molecule has 0 spiro atoms. The fourth-order valence-corrected chi connectivity index (χ4v) is 3.52. The lowest BCUT2D eigenvalue weighted by Gasteiger charge is -2.32. The van der Waals surface area contributed by atoms with Gasteiger partial charge in [0.05, 0.1) is 16.6 Å². The molecule has 1 saturated heterocycles. The van der Waals surface area contributed by atoms with E-state index in [0.29, 0.717) is 28.4 Å². The Morgan fingerprint density at radius 1 is 1.19 bits per heavy atom. The molecular formula is C20H24Cl2N2O3. The number of furan rings is 1. The number of carbonyl (C=O) groups excluding carboxylic acids is 1. The van der Waals surface area contributed by atoms with E-state index in [-0.39, 0.29) is 12.6 Å². The number of nitrogens with zero attached hydrogens (tertiary/aromatic N) is 1. The second-order valence-electron chi connectivity index (χ2n) is 6.83. The minimum Gasteiger partial charge on any atom is -0.461 e. The quantitative estimate of drug-likeness (QED) is 0.685. The van der Waals surface area contributed by atoms with Crippen LogP contribution in [0.5, 0.6) is 0 Å². The second-order valence-corrected chi connectivity index (χ2v) is 7.64. The van der Waals surface area contributed by atoms with Crippen molar-refractivity contribution < 1.29 is 13.9 Å². The minimum absolute atomic E-state index is 0.183. The number of ether oxygens (including phenoxy) is 1. The lowest BCUT2D eigenvalue weighted by atomic mass is 10.0. The first-order chi connectivity index (χ1) is 13.0. The molecule has 1 fully saturated rings. The normalized spacial score (nSPS) is 15.8. The van der Waals surface area contributed by atoms with Crippen LogP contribution in [0.1, 0.15) is 36.8 Å². The molecule has 146 valence electrons. The number of rotatable bonds is 7. The molecule has 5 nitrogen and oxygen atoms in total. The molecule has 1 aromatic heterocycles. The summed E-state index contributed by atoms with van der Waals surface area (Å²) in [6, 6.07) is 10.1. The van der Waals surface area contributed by atoms with Crippen LogP contribution in [-0.2, 0) is 29.2 Å². The number of piperidine rings is 1. The topological polar surface area (TPSA) is 54.7 Å². The number of benzene rings is 1. The van der Waals surface area contributed by atoms with Gasteiger partial charge >= 0.3 is 5.97 Å². The molecule has 0 unspecified atom stereocenters. The zero-order valence-electron chi connectivity index (χ0n) is 15.3. The summed E-state index contributed by atoms with van der Waals surface area (Å²) in [5.41, 5.74) is 1.19. The number of hydrogen-bond donors (Lipinski definition) is 1. The van der Waals surface area contributed by atoms with Crippen LogP contribution in [0.3, 0.4) is 0 Å². The van der Waals surface area contributed by atoms with Gasteiger partial charge in [-0.25, -0.2) is 0 Å². The summed E-state index contributed by atoms with van der Waals surface area (Å²) in [5.74, 6) is 1.22. The Hall–Kier alpha value is -1.53. The van der Waals surface area contributed by atoms with Crippen LogP contribution < -0.4 is 5.32 Å². The van der Waals surface area contributed by atoms with Gasteiger partial charge in [-0.05, 0) is 55.8 Å². The summed E-state index contributed by atoms with van der Waals surface area (Å²) in [6.07, 6.45) is 2.17. The van der Waals surface area contributed by atoms with E-state index in [1.807, 2.05) is 30.3 Å². The van der Waals surface area contributed by atoms with Crippen LogP contribution in [0.25, 0.3) is 0 Å². The average molecular weight is 411 g/mol. The van der Waals surface area contributed by atoms with Crippen molar-refractivity contribution in [2.45, 2.75) is 45.5 Å². The lowest BCUT2D eigenvalue weighted by molar-refractivity contribution is -0.142. The zero-order valence-corrected chi connectivity index (χ0v) is 16.9. The molecule has 1 N–H and O–H groups in total. The van der Waals surface area contributed by atoms with E-state index in [9.17, 15) is 4.79 Å². The Morgan fingerprint density at radius 3 is 2.63 bits per heavy atom. The van der Waals surface area contributed by atoms with E-state index < -0.39 is 0 Å². The SMILES string of the molecule is CC(=O)OCc1ccc(CNC2CCN(Cc3ccc(Cl)c(Cl)c3)CC2)o1. The van der Waals surface area contributed by atoms with Crippen molar-refractivity contribution in [2.24, 2.45) is 0 Å².